The maximum atomic E-state index is 13.2. The number of ether oxygens (including phenoxy) is 4. The Morgan fingerprint density at radius 3 is 1.55 bits per heavy atom. The number of carbonyl (C=O) groups excluding carboxylic acids is 4. The lowest BCUT2D eigenvalue weighted by Crippen LogP contribution is -2.61. The van der Waals surface area contributed by atoms with Crippen molar-refractivity contribution in [3.63, 3.8) is 0 Å². The average Bonchev–Trinajstić information content (AvgIpc) is 3.00. The van der Waals surface area contributed by atoms with E-state index in [9.17, 15) is 19.2 Å². The number of carbonyl (C=O) groups is 4. The van der Waals surface area contributed by atoms with Gasteiger partial charge in [-0.25, -0.2) is 14.4 Å². The fourth-order valence-electron chi connectivity index (χ4n) is 4.04. The Morgan fingerprint density at radius 1 is 0.700 bits per heavy atom. The molecular weight excluding hydrogens is 532 g/mol. The predicted molar refractivity (Wildman–Crippen MR) is 149 cm³/mol. The van der Waals surface area contributed by atoms with Crippen LogP contribution in [-0.2, 0) is 23.7 Å². The first-order valence-corrected chi connectivity index (χ1v) is 13.7. The van der Waals surface area contributed by atoms with E-state index in [1.165, 1.54) is 11.8 Å². The molecule has 5 atom stereocenters. The van der Waals surface area contributed by atoms with Crippen LogP contribution in [0.25, 0.3) is 0 Å². The largest absolute Gasteiger partial charge is 0.451 e. The van der Waals surface area contributed by atoms with E-state index < -0.39 is 47.8 Å². The van der Waals surface area contributed by atoms with E-state index in [4.69, 9.17) is 18.9 Å². The van der Waals surface area contributed by atoms with E-state index in [1.54, 1.807) is 97.1 Å². The Balaban J connectivity index is 1.71. The lowest BCUT2D eigenvalue weighted by atomic mass is 9.99. The highest BCUT2D eigenvalue weighted by molar-refractivity contribution is 7.99. The summed E-state index contributed by atoms with van der Waals surface area (Å²) in [5.41, 5.74) is -0.196. The van der Waals surface area contributed by atoms with Crippen LogP contribution in [0.2, 0.25) is 0 Å². The van der Waals surface area contributed by atoms with Gasteiger partial charge in [-0.1, -0.05) is 60.7 Å². The van der Waals surface area contributed by atoms with Crippen molar-refractivity contribution in [2.75, 3.05) is 5.75 Å². The second-order valence-corrected chi connectivity index (χ2v) is 9.97. The molecule has 40 heavy (non-hydrogen) atoms. The second kappa shape index (κ2) is 14.3. The van der Waals surface area contributed by atoms with E-state index in [1.807, 2.05) is 0 Å². The topological polar surface area (TPSA) is 105 Å². The number of hydrogen-bond acceptors (Lipinski definition) is 9. The molecule has 206 valence electrons. The van der Waals surface area contributed by atoms with E-state index in [0.717, 1.165) is 0 Å². The van der Waals surface area contributed by atoms with Crippen molar-refractivity contribution in [3.8, 4) is 0 Å². The smallest absolute Gasteiger partial charge is 0.338 e. The van der Waals surface area contributed by atoms with Gasteiger partial charge in [0.05, 0.1) is 16.7 Å². The van der Waals surface area contributed by atoms with Crippen LogP contribution in [0.15, 0.2) is 104 Å². The van der Waals surface area contributed by atoms with Crippen LogP contribution in [0.1, 0.15) is 37.5 Å². The molecule has 4 rings (SSSR count). The Labute approximate surface area is 236 Å². The molecule has 0 aliphatic carbocycles. The normalized spacial score (nSPS) is 21.9. The molecule has 0 aromatic heterocycles. The second-order valence-electron chi connectivity index (χ2n) is 8.76. The first-order chi connectivity index (χ1) is 19.5. The first-order valence-electron chi connectivity index (χ1n) is 12.6. The summed E-state index contributed by atoms with van der Waals surface area (Å²) in [5.74, 6) is -1.67. The van der Waals surface area contributed by atoms with Gasteiger partial charge >= 0.3 is 17.9 Å². The molecule has 3 aromatic rings. The fourth-order valence-corrected chi connectivity index (χ4v) is 5.18. The van der Waals surface area contributed by atoms with E-state index in [-0.39, 0.29) is 16.7 Å². The zero-order valence-corrected chi connectivity index (χ0v) is 22.3. The molecule has 0 amide bonds. The van der Waals surface area contributed by atoms with Gasteiger partial charge < -0.3 is 23.7 Å². The highest BCUT2D eigenvalue weighted by Crippen LogP contribution is 2.35. The summed E-state index contributed by atoms with van der Waals surface area (Å²) in [6.07, 6.45) is -2.47. The van der Waals surface area contributed by atoms with Crippen molar-refractivity contribution < 1.29 is 38.1 Å². The predicted octanol–water partition coefficient (Wildman–Crippen LogP) is 4.90. The van der Waals surface area contributed by atoms with Crippen LogP contribution in [-0.4, -0.2) is 59.8 Å². The molecule has 0 saturated carbocycles. The van der Waals surface area contributed by atoms with Gasteiger partial charge in [-0.3, -0.25) is 0 Å². The molecule has 1 fully saturated rings. The third-order valence-corrected chi connectivity index (χ3v) is 7.21. The van der Waals surface area contributed by atoms with E-state index >= 15 is 0 Å². The molecule has 3 aromatic carbocycles. The maximum Gasteiger partial charge on any atom is 0.338 e. The highest BCUT2D eigenvalue weighted by atomic mass is 32.2. The quantitative estimate of drug-likeness (QED) is 0.106. The molecule has 0 unspecified atom stereocenters. The molecule has 1 saturated heterocycles. The summed E-state index contributed by atoms with van der Waals surface area (Å²) in [6.45, 7) is 3.72. The molecule has 0 bridgehead atoms. The zero-order valence-electron chi connectivity index (χ0n) is 21.5. The standard InChI is InChI=1S/C31H28O8S/c1-2-3-19-40-31-27(39-30(35)23-17-11-6-12-18-23)26(38-29(34)22-15-9-5-10-16-22)25(24(20-32)36-31)37-28(33)21-13-7-4-8-14-21/h2,4-18,20,24-27,31H,1,3,19H2/t24-,25+,26+,27-,31-/m1/s1. The summed E-state index contributed by atoms with van der Waals surface area (Å²) in [5, 5.41) is 0. The van der Waals surface area contributed by atoms with Gasteiger partial charge in [-0.05, 0) is 48.6 Å². The number of rotatable bonds is 11. The minimum atomic E-state index is -1.40. The van der Waals surface area contributed by atoms with Crippen LogP contribution < -0.4 is 0 Å². The molecule has 9 heteroatoms. The average molecular weight is 561 g/mol. The van der Waals surface area contributed by atoms with Crippen LogP contribution in [0.5, 0.6) is 0 Å². The van der Waals surface area contributed by atoms with Gasteiger partial charge in [0.1, 0.15) is 5.44 Å². The summed E-state index contributed by atoms with van der Waals surface area (Å²) < 4.78 is 23.5. The molecule has 0 N–H and O–H groups in total. The SMILES string of the molecule is C=CCCS[C@H]1O[C@H](C=O)[C@H](OC(=O)c2ccccc2)[C@H](OC(=O)c2ccccc2)[C@H]1OC(=O)c1ccccc1. The third-order valence-electron chi connectivity index (χ3n) is 6.03. The first kappa shape index (κ1) is 28.8. The number of thioether (sulfide) groups is 1. The number of benzene rings is 3. The van der Waals surface area contributed by atoms with Gasteiger partial charge in [0, 0.05) is 0 Å². The van der Waals surface area contributed by atoms with E-state index in [0.29, 0.717) is 18.5 Å². The van der Waals surface area contributed by atoms with Crippen molar-refractivity contribution in [3.05, 3.63) is 120 Å². The molecular formula is C31H28O8S. The third kappa shape index (κ3) is 7.25. The molecule has 0 spiro atoms. The van der Waals surface area contributed by atoms with Crippen molar-refractivity contribution >= 4 is 36.0 Å². The minimum Gasteiger partial charge on any atom is -0.451 e. The summed E-state index contributed by atoms with van der Waals surface area (Å²) in [7, 11) is 0. The number of aldehydes is 1. The van der Waals surface area contributed by atoms with Crippen molar-refractivity contribution in [1.82, 2.24) is 0 Å². The zero-order chi connectivity index (χ0) is 28.3. The van der Waals surface area contributed by atoms with Gasteiger partial charge in [0.25, 0.3) is 0 Å². The molecule has 0 radical (unpaired) electrons. The van der Waals surface area contributed by atoms with Gasteiger partial charge in [-0.2, -0.15) is 0 Å². The monoisotopic (exact) mass is 560 g/mol. The van der Waals surface area contributed by atoms with Crippen molar-refractivity contribution in [1.29, 1.82) is 0 Å². The summed E-state index contributed by atoms with van der Waals surface area (Å²) in [4.78, 5) is 51.7. The number of allylic oxidation sites excluding steroid dienone is 1. The minimum absolute atomic E-state index is 0.223. The van der Waals surface area contributed by atoms with Crippen LogP contribution in [0, 0.1) is 0 Å². The number of esters is 3. The van der Waals surface area contributed by atoms with Crippen molar-refractivity contribution in [2.24, 2.45) is 0 Å². The van der Waals surface area contributed by atoms with Gasteiger partial charge in [-0.15, -0.1) is 18.3 Å². The summed E-state index contributed by atoms with van der Waals surface area (Å²) in [6, 6.07) is 24.7. The maximum absolute atomic E-state index is 13.2. The Bertz CT molecular complexity index is 1300. The Morgan fingerprint density at radius 2 is 1.12 bits per heavy atom. The van der Waals surface area contributed by atoms with Crippen LogP contribution in [0.4, 0.5) is 0 Å². The Kier molecular flexibility index (Phi) is 10.3. The molecule has 1 aliphatic rings. The Hall–Kier alpha value is -4.21. The number of hydrogen-bond donors (Lipinski definition) is 0. The fraction of sp³-hybridized carbons (Fsp3) is 0.226. The summed E-state index contributed by atoms with van der Waals surface area (Å²) >= 11 is 1.27. The lowest BCUT2D eigenvalue weighted by Gasteiger charge is -2.43. The van der Waals surface area contributed by atoms with Gasteiger partial charge in [0.15, 0.2) is 30.7 Å². The molecule has 8 nitrogen and oxygen atoms in total. The van der Waals surface area contributed by atoms with E-state index in [2.05, 4.69) is 6.58 Å². The highest BCUT2D eigenvalue weighted by Gasteiger charge is 2.52. The van der Waals surface area contributed by atoms with Crippen molar-refractivity contribution in [2.45, 2.75) is 36.3 Å². The van der Waals surface area contributed by atoms with Gasteiger partial charge in [0.2, 0.25) is 0 Å². The van der Waals surface area contributed by atoms with Crippen LogP contribution in [0.3, 0.4) is 0 Å². The van der Waals surface area contributed by atoms with Crippen LogP contribution >= 0.6 is 11.8 Å². The lowest BCUT2D eigenvalue weighted by molar-refractivity contribution is -0.195. The molecule has 1 aliphatic heterocycles. The molecule has 1 heterocycles.